The lowest BCUT2D eigenvalue weighted by Gasteiger charge is -2.36. The summed E-state index contributed by atoms with van der Waals surface area (Å²) in [6.45, 7) is 4.20. The smallest absolute Gasteiger partial charge is 0.339 e. The van der Waals surface area contributed by atoms with Crippen LogP contribution in [0.15, 0.2) is 0 Å². The van der Waals surface area contributed by atoms with Crippen molar-refractivity contribution >= 4 is 5.97 Å². The van der Waals surface area contributed by atoms with Gasteiger partial charge in [-0.15, -0.1) is 0 Å². The number of hydrogen-bond donors (Lipinski definition) is 1. The molecule has 0 aromatic carbocycles. The monoisotopic (exact) mass is 186 g/mol. The Kier molecular flexibility index (Phi) is 3.72. The highest BCUT2D eigenvalue weighted by Crippen LogP contribution is 2.28. The molecule has 3 nitrogen and oxygen atoms in total. The molecular formula is C10H18O3. The fourth-order valence-electron chi connectivity index (χ4n) is 1.75. The number of carbonyl (C=O) groups is 1. The van der Waals surface area contributed by atoms with E-state index in [-0.39, 0.29) is 6.10 Å². The third kappa shape index (κ3) is 2.21. The minimum atomic E-state index is -0.859. The lowest BCUT2D eigenvalue weighted by Crippen LogP contribution is -2.53. The van der Waals surface area contributed by atoms with Gasteiger partial charge < -0.3 is 9.84 Å². The number of esters is 1. The highest BCUT2D eigenvalue weighted by Gasteiger charge is 2.44. The lowest BCUT2D eigenvalue weighted by molar-refractivity contribution is -0.206. The van der Waals surface area contributed by atoms with Gasteiger partial charge in [0.2, 0.25) is 0 Å². The van der Waals surface area contributed by atoms with Crippen molar-refractivity contribution in [3.63, 3.8) is 0 Å². The van der Waals surface area contributed by atoms with E-state index >= 15 is 0 Å². The molecule has 3 atom stereocenters. The van der Waals surface area contributed by atoms with Crippen LogP contribution in [0.1, 0.15) is 39.5 Å². The van der Waals surface area contributed by atoms with E-state index in [2.05, 4.69) is 13.8 Å². The van der Waals surface area contributed by atoms with E-state index < -0.39 is 12.1 Å². The maximum Gasteiger partial charge on any atom is 0.339 e. The van der Waals surface area contributed by atoms with E-state index in [4.69, 9.17) is 4.74 Å². The molecule has 0 spiro atoms. The van der Waals surface area contributed by atoms with Crippen LogP contribution in [0.25, 0.3) is 0 Å². The highest BCUT2D eigenvalue weighted by atomic mass is 16.6. The van der Waals surface area contributed by atoms with Gasteiger partial charge in [-0.25, -0.2) is 4.79 Å². The van der Waals surface area contributed by atoms with Gasteiger partial charge in [0.15, 0.2) is 6.10 Å². The highest BCUT2D eigenvalue weighted by molar-refractivity contribution is 5.80. The van der Waals surface area contributed by atoms with Crippen LogP contribution in [0.5, 0.6) is 0 Å². The first kappa shape index (κ1) is 10.5. The number of hydrogen-bond acceptors (Lipinski definition) is 3. The van der Waals surface area contributed by atoms with Gasteiger partial charge >= 0.3 is 5.97 Å². The topological polar surface area (TPSA) is 46.5 Å². The van der Waals surface area contributed by atoms with Crippen LogP contribution in [0, 0.1) is 5.92 Å². The third-order valence-corrected chi connectivity index (χ3v) is 2.72. The molecule has 1 N–H and O–H groups in total. The third-order valence-electron chi connectivity index (χ3n) is 2.72. The van der Waals surface area contributed by atoms with E-state index in [9.17, 15) is 9.90 Å². The van der Waals surface area contributed by atoms with Crippen molar-refractivity contribution in [1.29, 1.82) is 0 Å². The average Bonchev–Trinajstić information content (AvgIpc) is 2.17. The summed E-state index contributed by atoms with van der Waals surface area (Å²) in [4.78, 5) is 10.7. The number of rotatable bonds is 5. The van der Waals surface area contributed by atoms with E-state index in [1.54, 1.807) is 0 Å². The normalized spacial score (nSPS) is 29.3. The summed E-state index contributed by atoms with van der Waals surface area (Å²) < 4.78 is 4.91. The molecule has 1 rings (SSSR count). The maximum absolute atomic E-state index is 10.7. The molecule has 3 unspecified atom stereocenters. The molecule has 0 radical (unpaired) electrons. The van der Waals surface area contributed by atoms with Crippen LogP contribution < -0.4 is 0 Å². The summed E-state index contributed by atoms with van der Waals surface area (Å²) in [5.41, 5.74) is 0. The van der Waals surface area contributed by atoms with Gasteiger partial charge in [-0.1, -0.05) is 26.7 Å². The first-order chi connectivity index (χ1) is 6.20. The second-order valence-corrected chi connectivity index (χ2v) is 3.66. The summed E-state index contributed by atoms with van der Waals surface area (Å²) in [5, 5.41) is 9.30. The zero-order chi connectivity index (χ0) is 9.84. The van der Waals surface area contributed by atoms with Gasteiger partial charge in [0, 0.05) is 0 Å². The zero-order valence-corrected chi connectivity index (χ0v) is 8.32. The van der Waals surface area contributed by atoms with Crippen molar-refractivity contribution in [2.75, 3.05) is 0 Å². The molecule has 0 saturated carbocycles. The summed E-state index contributed by atoms with van der Waals surface area (Å²) in [6.07, 6.45) is 3.20. The molecule has 1 heterocycles. The van der Waals surface area contributed by atoms with Crippen molar-refractivity contribution < 1.29 is 14.6 Å². The molecule has 0 aromatic heterocycles. The van der Waals surface area contributed by atoms with Gasteiger partial charge in [0.1, 0.15) is 6.10 Å². The van der Waals surface area contributed by atoms with Crippen LogP contribution in [0.4, 0.5) is 0 Å². The minimum absolute atomic E-state index is 0.232. The van der Waals surface area contributed by atoms with Crippen molar-refractivity contribution in [3.8, 4) is 0 Å². The number of ether oxygens (including phenoxy) is 1. The van der Waals surface area contributed by atoms with Crippen molar-refractivity contribution in [3.05, 3.63) is 0 Å². The summed E-state index contributed by atoms with van der Waals surface area (Å²) >= 11 is 0. The Hall–Kier alpha value is -0.570. The number of aliphatic hydroxyl groups excluding tert-OH is 1. The number of cyclic esters (lactones) is 1. The Morgan fingerprint density at radius 3 is 2.62 bits per heavy atom. The van der Waals surface area contributed by atoms with E-state index in [0.29, 0.717) is 5.92 Å². The fourth-order valence-corrected chi connectivity index (χ4v) is 1.75. The number of unbranched alkanes of at least 4 members (excludes halogenated alkanes) is 1. The van der Waals surface area contributed by atoms with Crippen LogP contribution in [0.2, 0.25) is 0 Å². The Balaban J connectivity index is 2.34. The molecule has 1 aliphatic heterocycles. The largest absolute Gasteiger partial charge is 0.457 e. The fraction of sp³-hybridized carbons (Fsp3) is 0.900. The van der Waals surface area contributed by atoms with Crippen LogP contribution in [-0.2, 0) is 9.53 Å². The van der Waals surface area contributed by atoms with Gasteiger partial charge in [0.05, 0.1) is 0 Å². The van der Waals surface area contributed by atoms with Crippen LogP contribution in [0.3, 0.4) is 0 Å². The number of carbonyl (C=O) groups excluding carboxylic acids is 1. The molecule has 0 aromatic rings. The summed E-state index contributed by atoms with van der Waals surface area (Å²) in [7, 11) is 0. The number of aliphatic hydroxyl groups is 1. The first-order valence-electron chi connectivity index (χ1n) is 5.09. The second kappa shape index (κ2) is 4.61. The molecule has 76 valence electrons. The minimum Gasteiger partial charge on any atom is -0.457 e. The molecule has 0 amide bonds. The molecule has 0 bridgehead atoms. The Bertz CT molecular complexity index is 179. The molecule has 1 aliphatic rings. The Labute approximate surface area is 79.1 Å². The van der Waals surface area contributed by atoms with E-state index in [1.807, 2.05) is 0 Å². The quantitative estimate of drug-likeness (QED) is 0.662. The van der Waals surface area contributed by atoms with E-state index in [0.717, 1.165) is 25.7 Å². The first-order valence-corrected chi connectivity index (χ1v) is 5.09. The lowest BCUT2D eigenvalue weighted by atomic mass is 9.87. The van der Waals surface area contributed by atoms with Crippen LogP contribution in [-0.4, -0.2) is 23.3 Å². The van der Waals surface area contributed by atoms with Crippen molar-refractivity contribution in [1.82, 2.24) is 0 Å². The van der Waals surface area contributed by atoms with Gasteiger partial charge in [-0.05, 0) is 18.8 Å². The SMILES string of the molecule is CCCCC(CC)C1OC(=O)C1O. The molecule has 13 heavy (non-hydrogen) atoms. The predicted molar refractivity (Wildman–Crippen MR) is 49.2 cm³/mol. The Morgan fingerprint density at radius 2 is 2.23 bits per heavy atom. The van der Waals surface area contributed by atoms with Gasteiger partial charge in [0.25, 0.3) is 0 Å². The average molecular weight is 186 g/mol. The van der Waals surface area contributed by atoms with Crippen molar-refractivity contribution in [2.45, 2.75) is 51.7 Å². The van der Waals surface area contributed by atoms with Gasteiger partial charge in [-0.3, -0.25) is 0 Å². The molecule has 1 saturated heterocycles. The van der Waals surface area contributed by atoms with Gasteiger partial charge in [-0.2, -0.15) is 0 Å². The maximum atomic E-state index is 10.7. The molecule has 0 aliphatic carbocycles. The Morgan fingerprint density at radius 1 is 1.54 bits per heavy atom. The zero-order valence-electron chi connectivity index (χ0n) is 8.32. The van der Waals surface area contributed by atoms with E-state index in [1.165, 1.54) is 0 Å². The van der Waals surface area contributed by atoms with Crippen molar-refractivity contribution in [2.24, 2.45) is 5.92 Å². The second-order valence-electron chi connectivity index (χ2n) is 3.66. The molecule has 1 fully saturated rings. The molecule has 3 heteroatoms. The summed E-state index contributed by atoms with van der Waals surface area (Å²) in [6, 6.07) is 0. The summed E-state index contributed by atoms with van der Waals surface area (Å²) in [5.74, 6) is -0.118. The standard InChI is InChI=1S/C10H18O3/c1-3-5-6-7(4-2)9-8(11)10(12)13-9/h7-9,11H,3-6H2,1-2H3. The van der Waals surface area contributed by atoms with Crippen LogP contribution >= 0.6 is 0 Å². The predicted octanol–water partition coefficient (Wildman–Crippen LogP) is 1.49. The molecular weight excluding hydrogens is 168 g/mol.